The molecular formula is C17H24N4O2S. The number of aromatic nitrogens is 2. The minimum Gasteiger partial charge on any atom is -0.479 e. The zero-order chi connectivity index (χ0) is 16.9. The molecule has 24 heavy (non-hydrogen) atoms. The fourth-order valence-corrected chi connectivity index (χ4v) is 3.76. The SMILES string of the molecule is COc1nn(C)cc1C(=O)NCC1CCN(Cc2ccsc2)CC1. The number of methoxy groups -OCH3 is 1. The molecule has 130 valence electrons. The summed E-state index contributed by atoms with van der Waals surface area (Å²) in [6.45, 7) is 3.93. The Labute approximate surface area is 146 Å². The average Bonchev–Trinajstić information content (AvgIpc) is 3.23. The highest BCUT2D eigenvalue weighted by Gasteiger charge is 2.21. The van der Waals surface area contributed by atoms with Crippen molar-refractivity contribution in [1.29, 1.82) is 0 Å². The largest absolute Gasteiger partial charge is 0.479 e. The highest BCUT2D eigenvalue weighted by molar-refractivity contribution is 7.07. The van der Waals surface area contributed by atoms with Crippen molar-refractivity contribution in [3.8, 4) is 5.88 Å². The topological polar surface area (TPSA) is 59.4 Å². The zero-order valence-electron chi connectivity index (χ0n) is 14.2. The summed E-state index contributed by atoms with van der Waals surface area (Å²) in [5.41, 5.74) is 1.89. The number of hydrogen-bond acceptors (Lipinski definition) is 5. The Morgan fingerprint density at radius 2 is 2.25 bits per heavy atom. The van der Waals surface area contributed by atoms with Crippen molar-refractivity contribution >= 4 is 17.2 Å². The summed E-state index contributed by atoms with van der Waals surface area (Å²) in [5.74, 6) is 0.802. The molecular weight excluding hydrogens is 324 g/mol. The first-order valence-corrected chi connectivity index (χ1v) is 9.19. The van der Waals surface area contributed by atoms with Crippen LogP contribution in [0.5, 0.6) is 5.88 Å². The van der Waals surface area contributed by atoms with Crippen LogP contribution in [0.3, 0.4) is 0 Å². The van der Waals surface area contributed by atoms with Crippen LogP contribution < -0.4 is 10.1 Å². The van der Waals surface area contributed by atoms with Gasteiger partial charge in [-0.05, 0) is 54.2 Å². The quantitative estimate of drug-likeness (QED) is 0.869. The van der Waals surface area contributed by atoms with Crippen molar-refractivity contribution in [2.75, 3.05) is 26.7 Å². The maximum atomic E-state index is 12.3. The van der Waals surface area contributed by atoms with Gasteiger partial charge in [-0.1, -0.05) is 0 Å². The molecule has 1 aliphatic heterocycles. The number of aryl methyl sites for hydroxylation is 1. The summed E-state index contributed by atoms with van der Waals surface area (Å²) in [7, 11) is 3.31. The molecule has 0 saturated carbocycles. The number of carbonyl (C=O) groups excluding carboxylic acids is 1. The molecule has 0 unspecified atom stereocenters. The third-order valence-corrected chi connectivity index (χ3v) is 5.21. The van der Waals surface area contributed by atoms with Gasteiger partial charge >= 0.3 is 0 Å². The van der Waals surface area contributed by atoms with Crippen molar-refractivity contribution in [1.82, 2.24) is 20.0 Å². The fourth-order valence-electron chi connectivity index (χ4n) is 3.10. The molecule has 1 saturated heterocycles. The van der Waals surface area contributed by atoms with Crippen LogP contribution in [-0.2, 0) is 13.6 Å². The van der Waals surface area contributed by atoms with Crippen LogP contribution in [0.1, 0.15) is 28.8 Å². The predicted octanol–water partition coefficient (Wildman–Crippen LogP) is 2.13. The van der Waals surface area contributed by atoms with E-state index in [2.05, 4.69) is 32.1 Å². The fraction of sp³-hybridized carbons (Fsp3) is 0.529. The molecule has 6 nitrogen and oxygen atoms in total. The second-order valence-electron chi connectivity index (χ2n) is 6.29. The molecule has 0 atom stereocenters. The van der Waals surface area contributed by atoms with Gasteiger partial charge in [-0.25, -0.2) is 0 Å². The van der Waals surface area contributed by atoms with E-state index in [0.717, 1.165) is 32.5 Å². The molecule has 1 amide bonds. The lowest BCUT2D eigenvalue weighted by atomic mass is 9.96. The van der Waals surface area contributed by atoms with Crippen LogP contribution in [0.25, 0.3) is 0 Å². The maximum absolute atomic E-state index is 12.3. The van der Waals surface area contributed by atoms with Gasteiger partial charge in [0.1, 0.15) is 5.56 Å². The zero-order valence-corrected chi connectivity index (χ0v) is 15.0. The van der Waals surface area contributed by atoms with Gasteiger partial charge in [0.05, 0.1) is 7.11 Å². The first-order chi connectivity index (χ1) is 11.7. The van der Waals surface area contributed by atoms with Crippen LogP contribution in [0.15, 0.2) is 23.0 Å². The molecule has 0 bridgehead atoms. The van der Waals surface area contributed by atoms with E-state index in [1.54, 1.807) is 29.3 Å². The van der Waals surface area contributed by atoms with E-state index in [1.165, 1.54) is 12.7 Å². The first-order valence-electron chi connectivity index (χ1n) is 8.25. The minimum absolute atomic E-state index is 0.111. The van der Waals surface area contributed by atoms with E-state index in [9.17, 15) is 4.79 Å². The molecule has 0 aromatic carbocycles. The van der Waals surface area contributed by atoms with Gasteiger partial charge in [0.15, 0.2) is 0 Å². The Morgan fingerprint density at radius 1 is 1.46 bits per heavy atom. The van der Waals surface area contributed by atoms with Crippen molar-refractivity contribution < 1.29 is 9.53 Å². The number of piperidine rings is 1. The summed E-state index contributed by atoms with van der Waals surface area (Å²) in [6.07, 6.45) is 3.93. The lowest BCUT2D eigenvalue weighted by Crippen LogP contribution is -2.38. The number of amides is 1. The van der Waals surface area contributed by atoms with Crippen molar-refractivity contribution in [3.05, 3.63) is 34.2 Å². The summed E-state index contributed by atoms with van der Waals surface area (Å²) in [4.78, 5) is 14.8. The Balaban J connectivity index is 1.44. The molecule has 2 aromatic heterocycles. The number of rotatable bonds is 6. The molecule has 0 spiro atoms. The molecule has 3 rings (SSSR count). The standard InChI is InChI=1S/C17H24N4O2S/c1-20-11-15(17(19-20)23-2)16(22)18-9-13-3-6-21(7-4-13)10-14-5-8-24-12-14/h5,8,11-13H,3-4,6-7,9-10H2,1-2H3,(H,18,22). The van der Waals surface area contributed by atoms with E-state index in [4.69, 9.17) is 4.74 Å². The van der Waals surface area contributed by atoms with E-state index in [0.29, 0.717) is 23.9 Å². The Hall–Kier alpha value is -1.86. The van der Waals surface area contributed by atoms with Gasteiger partial charge in [-0.3, -0.25) is 14.4 Å². The maximum Gasteiger partial charge on any atom is 0.258 e. The lowest BCUT2D eigenvalue weighted by molar-refractivity contribution is 0.0932. The molecule has 1 aliphatic rings. The van der Waals surface area contributed by atoms with E-state index in [1.807, 2.05) is 0 Å². The molecule has 1 N–H and O–H groups in total. The molecule has 2 aromatic rings. The van der Waals surface area contributed by atoms with Gasteiger partial charge < -0.3 is 10.1 Å². The Morgan fingerprint density at radius 3 is 2.92 bits per heavy atom. The molecule has 7 heteroatoms. The highest BCUT2D eigenvalue weighted by atomic mass is 32.1. The Bertz CT molecular complexity index is 660. The summed E-state index contributed by atoms with van der Waals surface area (Å²) in [6, 6.07) is 2.19. The second-order valence-corrected chi connectivity index (χ2v) is 7.07. The van der Waals surface area contributed by atoms with Crippen molar-refractivity contribution in [2.24, 2.45) is 13.0 Å². The van der Waals surface area contributed by atoms with Crippen LogP contribution >= 0.6 is 11.3 Å². The monoisotopic (exact) mass is 348 g/mol. The van der Waals surface area contributed by atoms with Gasteiger partial charge in [0, 0.05) is 26.3 Å². The van der Waals surface area contributed by atoms with Gasteiger partial charge in [-0.2, -0.15) is 11.3 Å². The number of carbonyl (C=O) groups is 1. The van der Waals surface area contributed by atoms with Crippen molar-refractivity contribution in [3.63, 3.8) is 0 Å². The van der Waals surface area contributed by atoms with Gasteiger partial charge in [0.25, 0.3) is 5.91 Å². The molecule has 0 aliphatic carbocycles. The lowest BCUT2D eigenvalue weighted by Gasteiger charge is -2.31. The number of nitrogens with zero attached hydrogens (tertiary/aromatic N) is 3. The predicted molar refractivity (Wildman–Crippen MR) is 94.4 cm³/mol. The molecule has 0 radical (unpaired) electrons. The van der Waals surface area contributed by atoms with E-state index >= 15 is 0 Å². The first kappa shape index (κ1) is 17.0. The number of ether oxygens (including phenoxy) is 1. The van der Waals surface area contributed by atoms with Gasteiger partial charge in [0.2, 0.25) is 5.88 Å². The van der Waals surface area contributed by atoms with Crippen LogP contribution in [0, 0.1) is 5.92 Å². The molecule has 1 fully saturated rings. The van der Waals surface area contributed by atoms with Gasteiger partial charge in [-0.15, -0.1) is 5.10 Å². The third kappa shape index (κ3) is 4.15. The number of hydrogen-bond donors (Lipinski definition) is 1. The normalized spacial score (nSPS) is 16.2. The number of likely N-dealkylation sites (tertiary alicyclic amines) is 1. The minimum atomic E-state index is -0.111. The molecule has 3 heterocycles. The van der Waals surface area contributed by atoms with Crippen LogP contribution in [0.2, 0.25) is 0 Å². The van der Waals surface area contributed by atoms with Crippen LogP contribution in [0.4, 0.5) is 0 Å². The van der Waals surface area contributed by atoms with E-state index < -0.39 is 0 Å². The number of thiophene rings is 1. The summed E-state index contributed by atoms with van der Waals surface area (Å²) < 4.78 is 6.74. The summed E-state index contributed by atoms with van der Waals surface area (Å²) >= 11 is 1.75. The Kier molecular flexibility index (Phi) is 5.52. The third-order valence-electron chi connectivity index (χ3n) is 4.48. The highest BCUT2D eigenvalue weighted by Crippen LogP contribution is 2.20. The van der Waals surface area contributed by atoms with Crippen molar-refractivity contribution in [2.45, 2.75) is 19.4 Å². The van der Waals surface area contributed by atoms with Crippen LogP contribution in [-0.4, -0.2) is 47.3 Å². The van der Waals surface area contributed by atoms with E-state index in [-0.39, 0.29) is 5.91 Å². The second kappa shape index (κ2) is 7.81. The average molecular weight is 348 g/mol. The smallest absolute Gasteiger partial charge is 0.258 e. The summed E-state index contributed by atoms with van der Waals surface area (Å²) in [5, 5.41) is 11.5. The number of nitrogens with one attached hydrogen (secondary N) is 1.